The van der Waals surface area contributed by atoms with Gasteiger partial charge in [0, 0.05) is 36.5 Å². The molecule has 216 valence electrons. The van der Waals surface area contributed by atoms with E-state index in [4.69, 9.17) is 0 Å². The lowest BCUT2D eigenvalue weighted by molar-refractivity contribution is -0.137. The molecule has 8 nitrogen and oxygen atoms in total. The van der Waals surface area contributed by atoms with Crippen molar-refractivity contribution in [1.29, 1.82) is 5.26 Å². The van der Waals surface area contributed by atoms with Crippen LogP contribution in [0, 0.1) is 11.3 Å². The molecule has 3 aromatic heterocycles. The topological polar surface area (TPSA) is 104 Å². The summed E-state index contributed by atoms with van der Waals surface area (Å²) in [4.78, 5) is 30.2. The van der Waals surface area contributed by atoms with Gasteiger partial charge in [0.2, 0.25) is 11.7 Å². The van der Waals surface area contributed by atoms with E-state index < -0.39 is 23.4 Å². The zero-order valence-corrected chi connectivity index (χ0v) is 22.9. The predicted molar refractivity (Wildman–Crippen MR) is 155 cm³/mol. The number of hydrogen-bond acceptors (Lipinski definition) is 5. The van der Waals surface area contributed by atoms with E-state index in [1.54, 1.807) is 37.5 Å². The molecule has 0 bridgehead atoms. The Bertz CT molecular complexity index is 1970. The van der Waals surface area contributed by atoms with Crippen molar-refractivity contribution in [2.45, 2.75) is 25.1 Å². The summed E-state index contributed by atoms with van der Waals surface area (Å²) in [6.45, 7) is 0.901. The summed E-state index contributed by atoms with van der Waals surface area (Å²) < 4.78 is 45.7. The van der Waals surface area contributed by atoms with Crippen LogP contribution in [0.25, 0.3) is 27.7 Å². The van der Waals surface area contributed by atoms with Crippen molar-refractivity contribution in [3.8, 4) is 17.2 Å². The summed E-state index contributed by atoms with van der Waals surface area (Å²) in [6, 6.07) is 15.3. The number of ketones is 1. The van der Waals surface area contributed by atoms with Gasteiger partial charge in [0.15, 0.2) is 0 Å². The number of fused-ring (bicyclic) bond motifs is 2. The number of imidazole rings is 1. The average molecular weight is 583 g/mol. The molecule has 5 aromatic rings. The first-order valence-corrected chi connectivity index (χ1v) is 13.6. The van der Waals surface area contributed by atoms with Gasteiger partial charge in [-0.15, -0.1) is 0 Å². The fraction of sp³-hybridized carbons (Fsp3) is 0.188. The van der Waals surface area contributed by atoms with E-state index >= 15 is 0 Å². The lowest BCUT2D eigenvalue weighted by Crippen LogP contribution is -2.19. The smallest absolute Gasteiger partial charge is 0.334 e. The minimum atomic E-state index is -4.63. The van der Waals surface area contributed by atoms with Crippen LogP contribution in [0.2, 0.25) is 0 Å². The summed E-state index contributed by atoms with van der Waals surface area (Å²) >= 11 is 0. The van der Waals surface area contributed by atoms with Crippen LogP contribution in [0.1, 0.15) is 40.0 Å². The van der Waals surface area contributed by atoms with Gasteiger partial charge in [-0.05, 0) is 73.5 Å². The zero-order chi connectivity index (χ0) is 30.3. The number of anilines is 1. The maximum absolute atomic E-state index is 14.2. The third-order valence-corrected chi connectivity index (χ3v) is 7.62. The number of rotatable bonds is 6. The number of aromatic nitrogens is 3. The molecule has 4 heterocycles. The van der Waals surface area contributed by atoms with Gasteiger partial charge in [-0.3, -0.25) is 9.59 Å². The monoisotopic (exact) mass is 582 g/mol. The van der Waals surface area contributed by atoms with Gasteiger partial charge in [-0.1, -0.05) is 12.1 Å². The highest BCUT2D eigenvalue weighted by Gasteiger charge is 2.35. The van der Waals surface area contributed by atoms with E-state index in [2.05, 4.69) is 15.6 Å². The zero-order valence-electron chi connectivity index (χ0n) is 22.9. The van der Waals surface area contributed by atoms with Crippen LogP contribution >= 0.6 is 0 Å². The van der Waals surface area contributed by atoms with Gasteiger partial charge in [-0.2, -0.15) is 18.4 Å². The standard InChI is InChI=1S/C32H25F3N6O2/c1-40-18-38-26-15-23(24(16-29(26)40)32(33,34)35)22-5-3-13-41-27(22)9-10-28(41)31(43)19-6-8-25(20(14-19)17-36)39-30(42)11-7-21-4-2-12-37-21/h3,5-11,13-16,18,21,37H,2,4,12H2,1H3,(H,39,42)/b11-7+. The Hall–Kier alpha value is -5.21. The Morgan fingerprint density at radius 2 is 1.95 bits per heavy atom. The van der Waals surface area contributed by atoms with Crippen LogP contribution in [-0.2, 0) is 18.0 Å². The highest BCUT2D eigenvalue weighted by atomic mass is 19.4. The Labute approximate surface area is 244 Å². The number of nitrogens with one attached hydrogen (secondary N) is 2. The van der Waals surface area contributed by atoms with Crippen molar-refractivity contribution >= 4 is 33.9 Å². The van der Waals surface area contributed by atoms with E-state index in [1.807, 2.05) is 6.07 Å². The highest BCUT2D eigenvalue weighted by Crippen LogP contribution is 2.41. The Kier molecular flexibility index (Phi) is 7.07. The first-order chi connectivity index (χ1) is 20.6. The number of carbonyl (C=O) groups excluding carboxylic acids is 2. The molecule has 1 aliphatic rings. The summed E-state index contributed by atoms with van der Waals surface area (Å²) in [6.07, 6.45) is 3.62. The van der Waals surface area contributed by atoms with E-state index in [9.17, 15) is 28.0 Å². The second-order valence-corrected chi connectivity index (χ2v) is 10.4. The summed E-state index contributed by atoms with van der Waals surface area (Å²) in [5.41, 5.74) is 1.36. The summed E-state index contributed by atoms with van der Waals surface area (Å²) in [5, 5.41) is 15.7. The molecule has 0 radical (unpaired) electrons. The summed E-state index contributed by atoms with van der Waals surface area (Å²) in [7, 11) is 1.63. The quantitative estimate of drug-likeness (QED) is 0.193. The van der Waals surface area contributed by atoms with Gasteiger partial charge < -0.3 is 19.6 Å². The molecule has 1 aliphatic heterocycles. The number of pyridine rings is 1. The Balaban J connectivity index is 1.33. The van der Waals surface area contributed by atoms with E-state index in [0.717, 1.165) is 25.5 Å². The van der Waals surface area contributed by atoms with Crippen LogP contribution in [0.5, 0.6) is 0 Å². The maximum Gasteiger partial charge on any atom is 0.417 e. The number of nitriles is 1. The van der Waals surface area contributed by atoms with E-state index in [-0.39, 0.29) is 39.7 Å². The van der Waals surface area contributed by atoms with Gasteiger partial charge in [-0.25, -0.2) is 4.98 Å². The van der Waals surface area contributed by atoms with E-state index in [0.29, 0.717) is 16.6 Å². The first kappa shape index (κ1) is 27.9. The van der Waals surface area contributed by atoms with Crippen LogP contribution in [-0.4, -0.2) is 38.2 Å². The van der Waals surface area contributed by atoms with Crippen molar-refractivity contribution in [2.24, 2.45) is 7.05 Å². The lowest BCUT2D eigenvalue weighted by Gasteiger charge is -2.15. The van der Waals surface area contributed by atoms with Crippen molar-refractivity contribution in [1.82, 2.24) is 19.3 Å². The van der Waals surface area contributed by atoms with Gasteiger partial charge in [0.05, 0.1) is 45.4 Å². The number of amides is 1. The number of carbonyl (C=O) groups is 2. The molecule has 1 saturated heterocycles. The van der Waals surface area contributed by atoms with Crippen LogP contribution in [0.4, 0.5) is 18.9 Å². The normalized spacial score (nSPS) is 15.4. The van der Waals surface area contributed by atoms with Crippen LogP contribution in [0.15, 0.2) is 79.3 Å². The second kappa shape index (κ2) is 10.9. The maximum atomic E-state index is 14.2. The van der Waals surface area contributed by atoms with Crippen molar-refractivity contribution in [3.05, 3.63) is 102 Å². The minimum absolute atomic E-state index is 0.0500. The SMILES string of the molecule is Cn1cnc2cc(-c3cccn4c(C(=O)c5ccc(NC(=O)/C=C/C6CCCN6)c(C#N)c5)ccc34)c(C(F)(F)F)cc21. The van der Waals surface area contributed by atoms with Gasteiger partial charge in [0.1, 0.15) is 6.07 Å². The molecule has 1 atom stereocenters. The van der Waals surface area contributed by atoms with Crippen LogP contribution < -0.4 is 10.6 Å². The third-order valence-electron chi connectivity index (χ3n) is 7.62. The molecule has 1 amide bonds. The largest absolute Gasteiger partial charge is 0.417 e. The van der Waals surface area contributed by atoms with Gasteiger partial charge in [0.25, 0.3) is 0 Å². The fourth-order valence-corrected chi connectivity index (χ4v) is 5.47. The molecule has 2 N–H and O–H groups in total. The first-order valence-electron chi connectivity index (χ1n) is 13.6. The molecule has 0 spiro atoms. The number of aryl methyl sites for hydroxylation is 1. The van der Waals surface area contributed by atoms with E-state index in [1.165, 1.54) is 51.7 Å². The van der Waals surface area contributed by atoms with Crippen molar-refractivity contribution in [3.63, 3.8) is 0 Å². The molecule has 6 rings (SSSR count). The number of benzene rings is 2. The fourth-order valence-electron chi connectivity index (χ4n) is 5.47. The molecule has 0 saturated carbocycles. The molecule has 1 fully saturated rings. The highest BCUT2D eigenvalue weighted by molar-refractivity contribution is 6.10. The lowest BCUT2D eigenvalue weighted by atomic mass is 9.98. The van der Waals surface area contributed by atoms with Gasteiger partial charge >= 0.3 is 6.18 Å². The molecule has 2 aromatic carbocycles. The van der Waals surface area contributed by atoms with Crippen molar-refractivity contribution < 1.29 is 22.8 Å². The molecular formula is C32H25F3N6O2. The van der Waals surface area contributed by atoms with Crippen LogP contribution in [0.3, 0.4) is 0 Å². The summed E-state index contributed by atoms with van der Waals surface area (Å²) in [5.74, 6) is -0.827. The Morgan fingerprint density at radius 1 is 1.12 bits per heavy atom. The Morgan fingerprint density at radius 3 is 2.70 bits per heavy atom. The number of hydrogen-bond donors (Lipinski definition) is 2. The minimum Gasteiger partial charge on any atom is -0.334 e. The van der Waals surface area contributed by atoms with Crippen molar-refractivity contribution in [2.75, 3.05) is 11.9 Å². The third kappa shape index (κ3) is 5.29. The predicted octanol–water partition coefficient (Wildman–Crippen LogP) is 5.86. The molecule has 11 heteroatoms. The number of halogens is 3. The molecule has 1 unspecified atom stereocenters. The second-order valence-electron chi connectivity index (χ2n) is 10.4. The average Bonchev–Trinajstić information content (AvgIpc) is 3.75. The number of nitrogens with zero attached hydrogens (tertiary/aromatic N) is 4. The molecule has 43 heavy (non-hydrogen) atoms. The molecular weight excluding hydrogens is 557 g/mol. The molecule has 0 aliphatic carbocycles. The number of alkyl halides is 3.